The zero-order valence-corrected chi connectivity index (χ0v) is 14.3. The van der Waals surface area contributed by atoms with E-state index in [2.05, 4.69) is 5.32 Å². The fourth-order valence-electron chi connectivity index (χ4n) is 2.85. The largest absolute Gasteiger partial charge is 0.494 e. The second-order valence-corrected chi connectivity index (χ2v) is 5.74. The van der Waals surface area contributed by atoms with Crippen LogP contribution >= 0.6 is 12.4 Å². The van der Waals surface area contributed by atoms with Crippen molar-refractivity contribution in [3.63, 3.8) is 0 Å². The third-order valence-electron chi connectivity index (χ3n) is 4.08. The van der Waals surface area contributed by atoms with Crippen LogP contribution in [-0.4, -0.2) is 43.6 Å². The van der Waals surface area contributed by atoms with Crippen molar-refractivity contribution in [2.75, 3.05) is 26.7 Å². The molecule has 22 heavy (non-hydrogen) atoms. The SMILES string of the molecule is CNCC1CCCN1C(=O)C(C)CCOc1ccccc1.Cl. The Labute approximate surface area is 139 Å². The van der Waals surface area contributed by atoms with Crippen molar-refractivity contribution >= 4 is 18.3 Å². The lowest BCUT2D eigenvalue weighted by Gasteiger charge is -2.27. The number of rotatable bonds is 7. The van der Waals surface area contributed by atoms with Gasteiger partial charge in [-0.25, -0.2) is 0 Å². The highest BCUT2D eigenvalue weighted by Crippen LogP contribution is 2.20. The zero-order chi connectivity index (χ0) is 15.1. The summed E-state index contributed by atoms with van der Waals surface area (Å²) >= 11 is 0. The van der Waals surface area contributed by atoms with Gasteiger partial charge in [-0.1, -0.05) is 25.1 Å². The number of hydrogen-bond donors (Lipinski definition) is 1. The first-order chi connectivity index (χ1) is 10.2. The maximum Gasteiger partial charge on any atom is 0.225 e. The molecule has 1 aromatic rings. The Bertz CT molecular complexity index is 442. The summed E-state index contributed by atoms with van der Waals surface area (Å²) < 4.78 is 5.68. The van der Waals surface area contributed by atoms with E-state index in [0.717, 1.165) is 38.1 Å². The second-order valence-electron chi connectivity index (χ2n) is 5.74. The van der Waals surface area contributed by atoms with Gasteiger partial charge < -0.3 is 15.0 Å². The molecule has 1 N–H and O–H groups in total. The highest BCUT2D eigenvalue weighted by Gasteiger charge is 2.30. The molecule has 1 aromatic carbocycles. The predicted octanol–water partition coefficient (Wildman–Crippen LogP) is 2.72. The summed E-state index contributed by atoms with van der Waals surface area (Å²) in [6, 6.07) is 10.1. The van der Waals surface area contributed by atoms with Gasteiger partial charge in [0, 0.05) is 25.0 Å². The van der Waals surface area contributed by atoms with E-state index >= 15 is 0 Å². The molecule has 0 aliphatic carbocycles. The van der Waals surface area contributed by atoms with Crippen molar-refractivity contribution in [3.05, 3.63) is 30.3 Å². The van der Waals surface area contributed by atoms with Crippen LogP contribution in [0, 0.1) is 5.92 Å². The summed E-state index contributed by atoms with van der Waals surface area (Å²) in [6.45, 7) is 4.38. The van der Waals surface area contributed by atoms with E-state index in [1.54, 1.807) is 0 Å². The van der Waals surface area contributed by atoms with Crippen LogP contribution in [0.2, 0.25) is 0 Å². The maximum atomic E-state index is 12.5. The van der Waals surface area contributed by atoms with Gasteiger partial charge >= 0.3 is 0 Å². The van der Waals surface area contributed by atoms with E-state index in [9.17, 15) is 4.79 Å². The predicted molar refractivity (Wildman–Crippen MR) is 91.6 cm³/mol. The molecule has 2 rings (SSSR count). The lowest BCUT2D eigenvalue weighted by Crippen LogP contribution is -2.43. The molecule has 0 bridgehead atoms. The first-order valence-corrected chi connectivity index (χ1v) is 7.85. The summed E-state index contributed by atoms with van der Waals surface area (Å²) in [5.41, 5.74) is 0. The van der Waals surface area contributed by atoms with Gasteiger partial charge in [0.2, 0.25) is 5.91 Å². The van der Waals surface area contributed by atoms with Gasteiger partial charge in [0.15, 0.2) is 0 Å². The van der Waals surface area contributed by atoms with E-state index in [0.29, 0.717) is 12.6 Å². The molecule has 4 nitrogen and oxygen atoms in total. The Morgan fingerprint density at radius 3 is 2.82 bits per heavy atom. The van der Waals surface area contributed by atoms with Crippen LogP contribution in [0.25, 0.3) is 0 Å². The van der Waals surface area contributed by atoms with Crippen LogP contribution in [0.3, 0.4) is 0 Å². The van der Waals surface area contributed by atoms with Gasteiger partial charge in [-0.3, -0.25) is 4.79 Å². The van der Waals surface area contributed by atoms with E-state index in [1.807, 2.05) is 49.2 Å². The maximum absolute atomic E-state index is 12.5. The summed E-state index contributed by atoms with van der Waals surface area (Å²) in [5, 5.41) is 3.18. The summed E-state index contributed by atoms with van der Waals surface area (Å²) in [6.07, 6.45) is 2.99. The molecule has 1 heterocycles. The zero-order valence-electron chi connectivity index (χ0n) is 13.5. The van der Waals surface area contributed by atoms with Crippen LogP contribution in [-0.2, 0) is 4.79 Å². The van der Waals surface area contributed by atoms with E-state index in [1.165, 1.54) is 0 Å². The summed E-state index contributed by atoms with van der Waals surface area (Å²) in [4.78, 5) is 14.6. The third kappa shape index (κ3) is 5.18. The van der Waals surface area contributed by atoms with Crippen molar-refractivity contribution < 1.29 is 9.53 Å². The molecule has 1 amide bonds. The Kier molecular flexibility index (Phi) is 8.28. The van der Waals surface area contributed by atoms with Crippen LogP contribution in [0.4, 0.5) is 0 Å². The number of nitrogens with zero attached hydrogens (tertiary/aromatic N) is 1. The number of halogens is 1. The van der Waals surface area contributed by atoms with E-state index in [-0.39, 0.29) is 24.2 Å². The molecule has 1 aliphatic rings. The first kappa shape index (κ1) is 18.8. The number of likely N-dealkylation sites (N-methyl/N-ethyl adjacent to an activating group) is 1. The van der Waals surface area contributed by atoms with Gasteiger partial charge in [0.25, 0.3) is 0 Å². The molecule has 2 atom stereocenters. The summed E-state index contributed by atoms with van der Waals surface area (Å²) in [5.74, 6) is 1.15. The topological polar surface area (TPSA) is 41.6 Å². The molecule has 0 saturated carbocycles. The monoisotopic (exact) mass is 326 g/mol. The van der Waals surface area contributed by atoms with Crippen LogP contribution in [0.5, 0.6) is 5.75 Å². The van der Waals surface area contributed by atoms with Crippen LogP contribution < -0.4 is 10.1 Å². The Morgan fingerprint density at radius 1 is 1.41 bits per heavy atom. The van der Waals surface area contributed by atoms with Gasteiger partial charge in [-0.2, -0.15) is 0 Å². The first-order valence-electron chi connectivity index (χ1n) is 7.85. The van der Waals surface area contributed by atoms with Crippen molar-refractivity contribution in [2.45, 2.75) is 32.2 Å². The minimum Gasteiger partial charge on any atom is -0.494 e. The molecule has 0 spiro atoms. The number of hydrogen-bond acceptors (Lipinski definition) is 3. The Balaban J connectivity index is 0.00000242. The number of ether oxygens (including phenoxy) is 1. The number of carbonyl (C=O) groups excluding carboxylic acids is 1. The van der Waals surface area contributed by atoms with Gasteiger partial charge in [0.05, 0.1) is 6.61 Å². The van der Waals surface area contributed by atoms with E-state index in [4.69, 9.17) is 4.74 Å². The standard InChI is InChI=1S/C17H26N2O2.ClH/c1-14(10-12-21-16-8-4-3-5-9-16)17(20)19-11-6-7-15(19)13-18-2;/h3-5,8-9,14-15,18H,6-7,10-13H2,1-2H3;1H. The molecule has 5 heteroatoms. The average Bonchev–Trinajstić information content (AvgIpc) is 2.96. The number of para-hydroxylation sites is 1. The van der Waals surface area contributed by atoms with E-state index < -0.39 is 0 Å². The minimum atomic E-state index is 0. The Hall–Kier alpha value is -1.26. The number of benzene rings is 1. The van der Waals surface area contributed by atoms with Crippen molar-refractivity contribution in [2.24, 2.45) is 5.92 Å². The molecular formula is C17H27ClN2O2. The lowest BCUT2D eigenvalue weighted by molar-refractivity contribution is -0.136. The molecule has 2 unspecified atom stereocenters. The van der Waals surface area contributed by atoms with Crippen molar-refractivity contribution in [1.29, 1.82) is 0 Å². The molecule has 124 valence electrons. The number of carbonyl (C=O) groups is 1. The molecule has 1 saturated heterocycles. The average molecular weight is 327 g/mol. The highest BCUT2D eigenvalue weighted by molar-refractivity contribution is 5.85. The molecular weight excluding hydrogens is 300 g/mol. The fraction of sp³-hybridized carbons (Fsp3) is 0.588. The normalized spacial score (nSPS) is 18.6. The molecule has 0 radical (unpaired) electrons. The quantitative estimate of drug-likeness (QED) is 0.837. The van der Waals surface area contributed by atoms with Gasteiger partial charge in [-0.05, 0) is 38.4 Å². The minimum absolute atomic E-state index is 0. The number of amides is 1. The van der Waals surface area contributed by atoms with Crippen molar-refractivity contribution in [1.82, 2.24) is 10.2 Å². The van der Waals surface area contributed by atoms with Crippen LogP contribution in [0.1, 0.15) is 26.2 Å². The van der Waals surface area contributed by atoms with Crippen LogP contribution in [0.15, 0.2) is 30.3 Å². The summed E-state index contributed by atoms with van der Waals surface area (Å²) in [7, 11) is 1.94. The molecule has 1 fully saturated rings. The van der Waals surface area contributed by atoms with Crippen molar-refractivity contribution in [3.8, 4) is 5.75 Å². The molecule has 1 aliphatic heterocycles. The second kappa shape index (κ2) is 9.70. The Morgan fingerprint density at radius 2 is 2.14 bits per heavy atom. The fourth-order valence-corrected chi connectivity index (χ4v) is 2.85. The molecule has 0 aromatic heterocycles. The number of likely N-dealkylation sites (tertiary alicyclic amines) is 1. The highest BCUT2D eigenvalue weighted by atomic mass is 35.5. The number of nitrogens with one attached hydrogen (secondary N) is 1. The van der Waals surface area contributed by atoms with Gasteiger partial charge in [0.1, 0.15) is 5.75 Å². The third-order valence-corrected chi connectivity index (χ3v) is 4.08. The van der Waals surface area contributed by atoms with Gasteiger partial charge in [-0.15, -0.1) is 12.4 Å². The lowest BCUT2D eigenvalue weighted by atomic mass is 10.1. The smallest absolute Gasteiger partial charge is 0.225 e.